The van der Waals surface area contributed by atoms with Crippen LogP contribution in [0.1, 0.15) is 65.4 Å². The first-order chi connectivity index (χ1) is 9.01. The van der Waals surface area contributed by atoms with Crippen molar-refractivity contribution in [2.24, 2.45) is 5.92 Å². The molecule has 1 aliphatic rings. The van der Waals surface area contributed by atoms with Crippen LogP contribution in [0.15, 0.2) is 18.2 Å². The van der Waals surface area contributed by atoms with Gasteiger partial charge >= 0.3 is 0 Å². The normalized spacial score (nSPS) is 21.4. The maximum absolute atomic E-state index is 13.7. The SMILES string of the molecule is CC(C)c1c(F)cccc1O[C@@H]1CC[C@H]1C.CCC. The predicted octanol–water partition coefficient (Wildman–Crippen LogP) is 5.54. The van der Waals surface area contributed by atoms with Crippen molar-refractivity contribution < 1.29 is 9.13 Å². The standard InChI is InChI=1S/C14H19FO.C3H8/c1-9(2)14-11(15)5-4-6-13(14)16-12-8-7-10(12)3;1-3-2/h4-6,9-10,12H,7-8H2,1-3H3;3H2,1-2H3/t10-,12-;/m1./s1. The number of benzene rings is 1. The summed E-state index contributed by atoms with van der Waals surface area (Å²) in [7, 11) is 0. The minimum Gasteiger partial charge on any atom is -0.490 e. The lowest BCUT2D eigenvalue weighted by molar-refractivity contribution is 0.0562. The van der Waals surface area contributed by atoms with Gasteiger partial charge in [-0.25, -0.2) is 4.39 Å². The summed E-state index contributed by atoms with van der Waals surface area (Å²) >= 11 is 0. The fourth-order valence-corrected chi connectivity index (χ4v) is 2.15. The molecule has 0 bridgehead atoms. The highest BCUT2D eigenvalue weighted by molar-refractivity contribution is 5.37. The van der Waals surface area contributed by atoms with Gasteiger partial charge in [0.1, 0.15) is 17.7 Å². The highest BCUT2D eigenvalue weighted by Crippen LogP contribution is 2.35. The van der Waals surface area contributed by atoms with Crippen LogP contribution in [0.2, 0.25) is 0 Å². The van der Waals surface area contributed by atoms with Gasteiger partial charge in [-0.15, -0.1) is 0 Å². The van der Waals surface area contributed by atoms with Gasteiger partial charge in [0.2, 0.25) is 0 Å². The van der Waals surface area contributed by atoms with Crippen LogP contribution in [0.4, 0.5) is 4.39 Å². The molecule has 2 rings (SSSR count). The van der Waals surface area contributed by atoms with Crippen LogP contribution in [0.25, 0.3) is 0 Å². The Balaban J connectivity index is 0.000000550. The molecule has 1 saturated carbocycles. The maximum atomic E-state index is 13.7. The summed E-state index contributed by atoms with van der Waals surface area (Å²) in [5.41, 5.74) is 0.710. The molecule has 1 aromatic carbocycles. The van der Waals surface area contributed by atoms with Crippen LogP contribution >= 0.6 is 0 Å². The van der Waals surface area contributed by atoms with Crippen LogP contribution < -0.4 is 4.74 Å². The van der Waals surface area contributed by atoms with E-state index in [1.165, 1.54) is 18.9 Å². The molecule has 2 atom stereocenters. The summed E-state index contributed by atoms with van der Waals surface area (Å²) in [4.78, 5) is 0. The second-order valence-corrected chi connectivity index (χ2v) is 5.72. The van der Waals surface area contributed by atoms with Crippen molar-refractivity contribution in [2.75, 3.05) is 0 Å². The minimum atomic E-state index is -0.153. The molecule has 2 heteroatoms. The first kappa shape index (κ1) is 16.0. The molecule has 0 N–H and O–H groups in total. The fourth-order valence-electron chi connectivity index (χ4n) is 2.15. The lowest BCUT2D eigenvalue weighted by atomic mass is 9.83. The Bertz CT molecular complexity index is 387. The smallest absolute Gasteiger partial charge is 0.130 e. The molecule has 1 nitrogen and oxygen atoms in total. The highest BCUT2D eigenvalue weighted by atomic mass is 19.1. The topological polar surface area (TPSA) is 9.23 Å². The number of hydrogen-bond acceptors (Lipinski definition) is 1. The van der Waals surface area contributed by atoms with Crippen LogP contribution in [0.3, 0.4) is 0 Å². The number of halogens is 1. The van der Waals surface area contributed by atoms with Crippen molar-refractivity contribution in [3.63, 3.8) is 0 Å². The summed E-state index contributed by atoms with van der Waals surface area (Å²) < 4.78 is 19.6. The van der Waals surface area contributed by atoms with Crippen LogP contribution in [-0.2, 0) is 0 Å². The van der Waals surface area contributed by atoms with Gasteiger partial charge in [-0.3, -0.25) is 0 Å². The van der Waals surface area contributed by atoms with Crippen molar-refractivity contribution in [1.29, 1.82) is 0 Å². The van der Waals surface area contributed by atoms with Crippen molar-refractivity contribution in [1.82, 2.24) is 0 Å². The zero-order chi connectivity index (χ0) is 14.4. The van der Waals surface area contributed by atoms with E-state index in [9.17, 15) is 4.39 Å². The first-order valence-corrected chi connectivity index (χ1v) is 7.46. The average molecular weight is 266 g/mol. The predicted molar refractivity (Wildman–Crippen MR) is 79.3 cm³/mol. The van der Waals surface area contributed by atoms with E-state index in [2.05, 4.69) is 20.8 Å². The molecule has 0 aliphatic heterocycles. The molecule has 0 aromatic heterocycles. The molecule has 0 amide bonds. The van der Waals surface area contributed by atoms with E-state index in [1.807, 2.05) is 19.9 Å². The highest BCUT2D eigenvalue weighted by Gasteiger charge is 2.29. The van der Waals surface area contributed by atoms with E-state index in [4.69, 9.17) is 4.74 Å². The van der Waals surface area contributed by atoms with E-state index in [-0.39, 0.29) is 17.8 Å². The van der Waals surface area contributed by atoms with Crippen molar-refractivity contribution in [3.8, 4) is 5.75 Å². The molecule has 0 saturated heterocycles. The van der Waals surface area contributed by atoms with Crippen LogP contribution in [-0.4, -0.2) is 6.10 Å². The molecular formula is C17H27FO. The maximum Gasteiger partial charge on any atom is 0.130 e. The molecule has 1 aromatic rings. The van der Waals surface area contributed by atoms with E-state index in [0.717, 1.165) is 12.2 Å². The summed E-state index contributed by atoms with van der Waals surface area (Å²) in [5.74, 6) is 1.33. The molecule has 19 heavy (non-hydrogen) atoms. The van der Waals surface area contributed by atoms with E-state index >= 15 is 0 Å². The fraction of sp³-hybridized carbons (Fsp3) is 0.647. The van der Waals surface area contributed by atoms with Gasteiger partial charge in [-0.1, -0.05) is 47.1 Å². The third kappa shape index (κ3) is 4.22. The summed E-state index contributed by atoms with van der Waals surface area (Å²) in [6.07, 6.45) is 3.84. The Morgan fingerprint density at radius 3 is 2.32 bits per heavy atom. The number of hydrogen-bond donors (Lipinski definition) is 0. The monoisotopic (exact) mass is 266 g/mol. The van der Waals surface area contributed by atoms with Gasteiger partial charge < -0.3 is 4.74 Å². The largest absolute Gasteiger partial charge is 0.490 e. The number of rotatable bonds is 3. The lowest BCUT2D eigenvalue weighted by Crippen LogP contribution is -2.34. The van der Waals surface area contributed by atoms with Crippen molar-refractivity contribution >= 4 is 0 Å². The van der Waals surface area contributed by atoms with Gasteiger partial charge in [-0.05, 0) is 36.8 Å². The Kier molecular flexibility index (Phi) is 6.33. The van der Waals surface area contributed by atoms with Gasteiger partial charge in [0.15, 0.2) is 0 Å². The molecule has 0 spiro atoms. The summed E-state index contributed by atoms with van der Waals surface area (Å²) in [5, 5.41) is 0. The summed E-state index contributed by atoms with van der Waals surface area (Å²) in [6.45, 7) is 10.4. The van der Waals surface area contributed by atoms with E-state index in [0.29, 0.717) is 11.5 Å². The Morgan fingerprint density at radius 2 is 1.89 bits per heavy atom. The molecule has 0 radical (unpaired) electrons. The third-order valence-electron chi connectivity index (χ3n) is 3.41. The average Bonchev–Trinajstić information content (AvgIpc) is 2.34. The van der Waals surface area contributed by atoms with E-state index in [1.54, 1.807) is 6.07 Å². The second kappa shape index (κ2) is 7.52. The summed E-state index contributed by atoms with van der Waals surface area (Å²) in [6, 6.07) is 5.11. The Labute approximate surface area is 117 Å². The molecule has 1 fully saturated rings. The quantitative estimate of drug-likeness (QED) is 0.697. The second-order valence-electron chi connectivity index (χ2n) is 5.72. The van der Waals surface area contributed by atoms with Gasteiger partial charge in [0.05, 0.1) is 0 Å². The van der Waals surface area contributed by atoms with Gasteiger partial charge in [0.25, 0.3) is 0 Å². The van der Waals surface area contributed by atoms with Crippen LogP contribution in [0.5, 0.6) is 5.75 Å². The van der Waals surface area contributed by atoms with Crippen LogP contribution in [0, 0.1) is 11.7 Å². The van der Waals surface area contributed by atoms with E-state index < -0.39 is 0 Å². The molecule has 108 valence electrons. The molecular weight excluding hydrogens is 239 g/mol. The van der Waals surface area contributed by atoms with Gasteiger partial charge in [-0.2, -0.15) is 0 Å². The lowest BCUT2D eigenvalue weighted by Gasteiger charge is -2.34. The minimum absolute atomic E-state index is 0.153. The van der Waals surface area contributed by atoms with Crippen molar-refractivity contribution in [3.05, 3.63) is 29.6 Å². The van der Waals surface area contributed by atoms with Gasteiger partial charge in [0, 0.05) is 5.56 Å². The zero-order valence-electron chi connectivity index (χ0n) is 12.9. The first-order valence-electron chi connectivity index (χ1n) is 7.46. The van der Waals surface area contributed by atoms with Crippen molar-refractivity contribution in [2.45, 2.75) is 65.9 Å². The molecule has 0 unspecified atom stereocenters. The number of ether oxygens (including phenoxy) is 1. The zero-order valence-corrected chi connectivity index (χ0v) is 12.9. The Morgan fingerprint density at radius 1 is 1.26 bits per heavy atom. The Hall–Kier alpha value is -1.05. The molecule has 0 heterocycles. The molecule has 1 aliphatic carbocycles. The third-order valence-corrected chi connectivity index (χ3v) is 3.41.